The van der Waals surface area contributed by atoms with Gasteiger partial charge in [0.15, 0.2) is 0 Å². The zero-order valence-electron chi connectivity index (χ0n) is 14.2. The summed E-state index contributed by atoms with van der Waals surface area (Å²) in [7, 11) is 0. The number of nitrogens with zero attached hydrogens (tertiary/aromatic N) is 1. The average molecular weight is 296 g/mol. The lowest BCUT2D eigenvalue weighted by atomic mass is 9.99. The van der Waals surface area contributed by atoms with E-state index in [1.165, 1.54) is 25.7 Å². The van der Waals surface area contributed by atoms with Crippen LogP contribution in [0.3, 0.4) is 0 Å². The van der Waals surface area contributed by atoms with Crippen molar-refractivity contribution in [3.05, 3.63) is 0 Å². The van der Waals surface area contributed by atoms with Crippen molar-refractivity contribution in [2.45, 2.75) is 83.9 Å². The highest BCUT2D eigenvalue weighted by atomic mass is 16.6. The Labute approximate surface area is 129 Å². The van der Waals surface area contributed by atoms with E-state index in [2.05, 4.69) is 12.2 Å². The van der Waals surface area contributed by atoms with Gasteiger partial charge in [-0.2, -0.15) is 0 Å². The van der Waals surface area contributed by atoms with Crippen molar-refractivity contribution in [2.24, 2.45) is 5.92 Å². The summed E-state index contributed by atoms with van der Waals surface area (Å²) in [6, 6.07) is 0.859. The molecular formula is C17H32N2O2. The maximum Gasteiger partial charge on any atom is 0.410 e. The molecule has 1 saturated heterocycles. The van der Waals surface area contributed by atoms with Gasteiger partial charge in [0.25, 0.3) is 0 Å². The van der Waals surface area contributed by atoms with Gasteiger partial charge in [-0.05, 0) is 59.3 Å². The van der Waals surface area contributed by atoms with Crippen LogP contribution in [0.2, 0.25) is 0 Å². The number of amides is 1. The molecule has 0 aromatic heterocycles. The van der Waals surface area contributed by atoms with Crippen LogP contribution in [0.25, 0.3) is 0 Å². The minimum absolute atomic E-state index is 0.152. The summed E-state index contributed by atoms with van der Waals surface area (Å²) >= 11 is 0. The molecule has 1 aliphatic heterocycles. The van der Waals surface area contributed by atoms with E-state index in [-0.39, 0.29) is 6.09 Å². The second-order valence-corrected chi connectivity index (χ2v) is 7.71. The molecule has 2 fully saturated rings. The highest BCUT2D eigenvalue weighted by molar-refractivity contribution is 5.69. The predicted octanol–water partition coefficient (Wildman–Crippen LogP) is 3.55. The lowest BCUT2D eigenvalue weighted by Gasteiger charge is -2.30. The van der Waals surface area contributed by atoms with Crippen LogP contribution in [0.4, 0.5) is 4.79 Å². The topological polar surface area (TPSA) is 41.6 Å². The van der Waals surface area contributed by atoms with Gasteiger partial charge in [-0.25, -0.2) is 4.79 Å². The standard InChI is InChI=1S/C17H32N2O2/c1-13(14-8-5-6-9-14)18-12-15-10-7-11-19(15)16(20)21-17(2,3)4/h13-15,18H,5-12H2,1-4H3. The fourth-order valence-corrected chi connectivity index (χ4v) is 3.55. The first kappa shape index (κ1) is 16.6. The van der Waals surface area contributed by atoms with E-state index in [9.17, 15) is 4.79 Å². The summed E-state index contributed by atoms with van der Waals surface area (Å²) in [5.41, 5.74) is -0.408. The van der Waals surface area contributed by atoms with E-state index in [1.54, 1.807) is 0 Å². The minimum atomic E-state index is -0.408. The molecule has 0 radical (unpaired) electrons. The summed E-state index contributed by atoms with van der Waals surface area (Å²) in [5.74, 6) is 0.821. The van der Waals surface area contributed by atoms with Crippen LogP contribution in [-0.2, 0) is 4.74 Å². The van der Waals surface area contributed by atoms with Crippen molar-refractivity contribution in [2.75, 3.05) is 13.1 Å². The quantitative estimate of drug-likeness (QED) is 0.862. The first-order valence-corrected chi connectivity index (χ1v) is 8.60. The maximum atomic E-state index is 12.2. The molecule has 1 N–H and O–H groups in total. The van der Waals surface area contributed by atoms with Crippen molar-refractivity contribution in [3.8, 4) is 0 Å². The lowest BCUT2D eigenvalue weighted by Crippen LogP contribution is -2.46. The molecule has 4 heteroatoms. The molecule has 0 aromatic rings. The molecule has 2 aliphatic rings. The average Bonchev–Trinajstić information content (AvgIpc) is 3.04. The van der Waals surface area contributed by atoms with Crippen LogP contribution in [0.1, 0.15) is 66.2 Å². The van der Waals surface area contributed by atoms with E-state index < -0.39 is 5.60 Å². The van der Waals surface area contributed by atoms with Crippen LogP contribution in [0.15, 0.2) is 0 Å². The zero-order chi connectivity index (χ0) is 15.5. The SMILES string of the molecule is CC(NCC1CCCN1C(=O)OC(C)(C)C)C1CCCC1. The predicted molar refractivity (Wildman–Crippen MR) is 85.4 cm³/mol. The molecule has 0 spiro atoms. The Morgan fingerprint density at radius 1 is 1.24 bits per heavy atom. The van der Waals surface area contributed by atoms with Crippen LogP contribution >= 0.6 is 0 Å². The first-order valence-electron chi connectivity index (χ1n) is 8.60. The maximum absolute atomic E-state index is 12.2. The molecule has 122 valence electrons. The monoisotopic (exact) mass is 296 g/mol. The van der Waals surface area contributed by atoms with E-state index in [0.717, 1.165) is 31.8 Å². The van der Waals surface area contributed by atoms with Crippen LogP contribution in [-0.4, -0.2) is 41.8 Å². The van der Waals surface area contributed by atoms with Gasteiger partial charge >= 0.3 is 6.09 Å². The van der Waals surface area contributed by atoms with E-state index in [0.29, 0.717) is 12.1 Å². The number of hydrogen-bond donors (Lipinski definition) is 1. The highest BCUT2D eigenvalue weighted by Gasteiger charge is 2.32. The Kier molecular flexibility index (Phi) is 5.53. The van der Waals surface area contributed by atoms with Gasteiger partial charge in [0, 0.05) is 25.2 Å². The summed E-state index contributed by atoms with van der Waals surface area (Å²) in [5, 5.41) is 3.66. The minimum Gasteiger partial charge on any atom is -0.444 e. The normalized spacial score (nSPS) is 25.3. The lowest BCUT2D eigenvalue weighted by molar-refractivity contribution is 0.0224. The molecule has 2 atom stereocenters. The van der Waals surface area contributed by atoms with E-state index in [1.807, 2.05) is 25.7 Å². The van der Waals surface area contributed by atoms with Gasteiger partial charge in [-0.15, -0.1) is 0 Å². The summed E-state index contributed by atoms with van der Waals surface area (Å²) in [4.78, 5) is 14.2. The van der Waals surface area contributed by atoms with Crippen LogP contribution in [0, 0.1) is 5.92 Å². The third-order valence-corrected chi connectivity index (χ3v) is 4.79. The van der Waals surface area contributed by atoms with Crippen molar-refractivity contribution < 1.29 is 9.53 Å². The number of rotatable bonds is 4. The van der Waals surface area contributed by atoms with Crippen molar-refractivity contribution >= 4 is 6.09 Å². The first-order chi connectivity index (χ1) is 9.87. The third-order valence-electron chi connectivity index (χ3n) is 4.79. The fraction of sp³-hybridized carbons (Fsp3) is 0.941. The van der Waals surface area contributed by atoms with E-state index in [4.69, 9.17) is 4.74 Å². The summed E-state index contributed by atoms with van der Waals surface area (Å²) in [6.45, 7) is 9.81. The van der Waals surface area contributed by atoms with Crippen molar-refractivity contribution in [1.29, 1.82) is 0 Å². The van der Waals surface area contributed by atoms with Crippen LogP contribution in [0.5, 0.6) is 0 Å². The Bertz CT molecular complexity index is 345. The largest absolute Gasteiger partial charge is 0.444 e. The molecule has 1 aliphatic carbocycles. The number of ether oxygens (including phenoxy) is 1. The van der Waals surface area contributed by atoms with Gasteiger partial charge in [0.1, 0.15) is 5.60 Å². The molecule has 4 nitrogen and oxygen atoms in total. The molecule has 2 unspecified atom stereocenters. The molecule has 0 aromatic carbocycles. The number of likely N-dealkylation sites (tertiary alicyclic amines) is 1. The molecule has 1 saturated carbocycles. The zero-order valence-corrected chi connectivity index (χ0v) is 14.2. The summed E-state index contributed by atoms with van der Waals surface area (Å²) in [6.07, 6.45) is 7.49. The number of nitrogens with one attached hydrogen (secondary N) is 1. The van der Waals surface area contributed by atoms with Gasteiger partial charge in [-0.1, -0.05) is 12.8 Å². The second kappa shape index (κ2) is 6.99. The smallest absolute Gasteiger partial charge is 0.410 e. The fourth-order valence-electron chi connectivity index (χ4n) is 3.55. The van der Waals surface area contributed by atoms with Gasteiger partial charge < -0.3 is 15.0 Å². The van der Waals surface area contributed by atoms with Gasteiger partial charge in [0.2, 0.25) is 0 Å². The Morgan fingerprint density at radius 2 is 1.90 bits per heavy atom. The Balaban J connectivity index is 1.80. The van der Waals surface area contributed by atoms with Crippen LogP contribution < -0.4 is 5.32 Å². The van der Waals surface area contributed by atoms with Gasteiger partial charge in [-0.3, -0.25) is 0 Å². The molecule has 1 heterocycles. The van der Waals surface area contributed by atoms with E-state index >= 15 is 0 Å². The molecular weight excluding hydrogens is 264 g/mol. The molecule has 2 rings (SSSR count). The molecule has 1 amide bonds. The van der Waals surface area contributed by atoms with Crippen molar-refractivity contribution in [1.82, 2.24) is 10.2 Å². The Hall–Kier alpha value is -0.770. The Morgan fingerprint density at radius 3 is 2.52 bits per heavy atom. The highest BCUT2D eigenvalue weighted by Crippen LogP contribution is 2.28. The third kappa shape index (κ3) is 4.87. The second-order valence-electron chi connectivity index (χ2n) is 7.71. The number of hydrogen-bond acceptors (Lipinski definition) is 3. The number of carbonyl (C=O) groups excluding carboxylic acids is 1. The van der Waals surface area contributed by atoms with Crippen molar-refractivity contribution in [3.63, 3.8) is 0 Å². The molecule has 0 bridgehead atoms. The molecule has 21 heavy (non-hydrogen) atoms. The number of carbonyl (C=O) groups is 1. The summed E-state index contributed by atoms with van der Waals surface area (Å²) < 4.78 is 5.52. The van der Waals surface area contributed by atoms with Gasteiger partial charge in [0.05, 0.1) is 0 Å².